The van der Waals surface area contributed by atoms with E-state index in [1.165, 1.54) is 0 Å². The molecule has 0 aromatic heterocycles. The van der Waals surface area contributed by atoms with Gasteiger partial charge in [-0.05, 0) is 13.8 Å². The van der Waals surface area contributed by atoms with Crippen molar-refractivity contribution >= 4 is 0 Å². The van der Waals surface area contributed by atoms with E-state index >= 15 is 0 Å². The van der Waals surface area contributed by atoms with Crippen LogP contribution in [0.4, 0.5) is 0 Å². The van der Waals surface area contributed by atoms with Gasteiger partial charge in [0.25, 0.3) is 0 Å². The molecule has 0 aliphatic carbocycles. The second kappa shape index (κ2) is 1.94. The Morgan fingerprint density at radius 1 is 1.20 bits per heavy atom. The molecule has 0 aromatic rings. The molecule has 0 saturated carbocycles. The van der Waals surface area contributed by atoms with Crippen molar-refractivity contribution < 1.29 is 14.2 Å². The molecular formula is C7H12O3. The van der Waals surface area contributed by atoms with Gasteiger partial charge in [0.2, 0.25) is 0 Å². The molecule has 2 heterocycles. The van der Waals surface area contributed by atoms with E-state index in [2.05, 4.69) is 0 Å². The van der Waals surface area contributed by atoms with Gasteiger partial charge >= 0.3 is 0 Å². The molecule has 2 aliphatic heterocycles. The first-order valence-corrected chi connectivity index (χ1v) is 3.61. The lowest BCUT2D eigenvalue weighted by Crippen LogP contribution is -2.24. The summed E-state index contributed by atoms with van der Waals surface area (Å²) in [6, 6.07) is 0. The van der Waals surface area contributed by atoms with Gasteiger partial charge in [-0.2, -0.15) is 0 Å². The van der Waals surface area contributed by atoms with Crippen LogP contribution in [0.2, 0.25) is 0 Å². The van der Waals surface area contributed by atoms with Crippen LogP contribution >= 0.6 is 0 Å². The second-order valence-corrected chi connectivity index (χ2v) is 3.24. The van der Waals surface area contributed by atoms with Crippen LogP contribution in [-0.2, 0) is 14.2 Å². The van der Waals surface area contributed by atoms with Crippen molar-refractivity contribution in [1.82, 2.24) is 0 Å². The maximum absolute atomic E-state index is 5.53. The summed E-state index contributed by atoms with van der Waals surface area (Å²) in [6.07, 6.45) is 0.483. The van der Waals surface area contributed by atoms with Crippen LogP contribution in [0.1, 0.15) is 13.8 Å². The van der Waals surface area contributed by atoms with Gasteiger partial charge < -0.3 is 14.2 Å². The third-order valence-electron chi connectivity index (χ3n) is 1.80. The predicted molar refractivity (Wildman–Crippen MR) is 34.6 cm³/mol. The summed E-state index contributed by atoms with van der Waals surface area (Å²) in [5, 5.41) is 0. The summed E-state index contributed by atoms with van der Waals surface area (Å²) < 4.78 is 16.0. The van der Waals surface area contributed by atoms with Gasteiger partial charge in [0.1, 0.15) is 12.2 Å². The van der Waals surface area contributed by atoms with Crippen molar-refractivity contribution in [3.05, 3.63) is 0 Å². The molecule has 2 saturated heterocycles. The number of hydrogen-bond donors (Lipinski definition) is 0. The van der Waals surface area contributed by atoms with E-state index in [9.17, 15) is 0 Å². The molecule has 2 rings (SSSR count). The highest BCUT2D eigenvalue weighted by molar-refractivity contribution is 4.84. The molecule has 10 heavy (non-hydrogen) atoms. The third kappa shape index (κ3) is 1.17. The Morgan fingerprint density at radius 3 is 2.30 bits per heavy atom. The SMILES string of the molecule is CC1(C)OCC(C2CO2)O1. The Hall–Kier alpha value is -0.120. The lowest BCUT2D eigenvalue weighted by molar-refractivity contribution is -0.140. The van der Waals surface area contributed by atoms with Crippen molar-refractivity contribution in [1.29, 1.82) is 0 Å². The maximum Gasteiger partial charge on any atom is 0.163 e. The van der Waals surface area contributed by atoms with Crippen LogP contribution < -0.4 is 0 Å². The van der Waals surface area contributed by atoms with Crippen molar-refractivity contribution in [2.45, 2.75) is 31.8 Å². The minimum absolute atomic E-state index is 0.176. The molecule has 0 amide bonds. The molecule has 0 bridgehead atoms. The molecule has 2 atom stereocenters. The Balaban J connectivity index is 1.92. The fourth-order valence-corrected chi connectivity index (χ4v) is 1.17. The lowest BCUT2D eigenvalue weighted by Gasteiger charge is -2.15. The second-order valence-electron chi connectivity index (χ2n) is 3.24. The molecule has 58 valence electrons. The minimum atomic E-state index is -0.392. The summed E-state index contributed by atoms with van der Waals surface area (Å²) >= 11 is 0. The molecule has 2 unspecified atom stereocenters. The van der Waals surface area contributed by atoms with E-state index in [0.717, 1.165) is 6.61 Å². The molecule has 0 spiro atoms. The van der Waals surface area contributed by atoms with E-state index in [4.69, 9.17) is 14.2 Å². The fourth-order valence-electron chi connectivity index (χ4n) is 1.17. The molecule has 3 heteroatoms. The van der Waals surface area contributed by atoms with Crippen molar-refractivity contribution in [3.63, 3.8) is 0 Å². The Morgan fingerprint density at radius 2 is 1.90 bits per heavy atom. The highest BCUT2D eigenvalue weighted by Gasteiger charge is 2.43. The van der Waals surface area contributed by atoms with Gasteiger partial charge in [-0.3, -0.25) is 0 Å². The quantitative estimate of drug-likeness (QED) is 0.503. The van der Waals surface area contributed by atoms with Crippen LogP contribution in [0, 0.1) is 0 Å². The number of epoxide rings is 1. The Labute approximate surface area is 60.3 Å². The van der Waals surface area contributed by atoms with E-state index in [1.807, 2.05) is 13.8 Å². The zero-order valence-corrected chi connectivity index (χ0v) is 6.29. The van der Waals surface area contributed by atoms with Crippen molar-refractivity contribution in [3.8, 4) is 0 Å². The minimum Gasteiger partial charge on any atom is -0.370 e. The average molecular weight is 144 g/mol. The van der Waals surface area contributed by atoms with E-state index < -0.39 is 5.79 Å². The Kier molecular flexibility index (Phi) is 1.27. The van der Waals surface area contributed by atoms with Crippen LogP contribution in [0.15, 0.2) is 0 Å². The molecule has 0 radical (unpaired) electrons. The van der Waals surface area contributed by atoms with Crippen LogP contribution in [0.25, 0.3) is 0 Å². The van der Waals surface area contributed by atoms with Crippen LogP contribution in [-0.4, -0.2) is 31.2 Å². The summed E-state index contributed by atoms with van der Waals surface area (Å²) in [5.74, 6) is -0.392. The van der Waals surface area contributed by atoms with Gasteiger partial charge in [-0.25, -0.2) is 0 Å². The van der Waals surface area contributed by atoms with Gasteiger partial charge in [0, 0.05) is 0 Å². The topological polar surface area (TPSA) is 31.0 Å². The third-order valence-corrected chi connectivity index (χ3v) is 1.80. The lowest BCUT2D eigenvalue weighted by atomic mass is 10.3. The molecule has 3 nitrogen and oxygen atoms in total. The molecular weight excluding hydrogens is 132 g/mol. The highest BCUT2D eigenvalue weighted by Crippen LogP contribution is 2.29. The smallest absolute Gasteiger partial charge is 0.163 e. The molecule has 2 fully saturated rings. The van der Waals surface area contributed by atoms with Gasteiger partial charge in [0.05, 0.1) is 13.2 Å². The van der Waals surface area contributed by atoms with Gasteiger partial charge in [-0.15, -0.1) is 0 Å². The zero-order chi connectivity index (χ0) is 7.19. The average Bonchev–Trinajstić information content (AvgIpc) is 2.59. The normalized spacial score (nSPS) is 43.8. The van der Waals surface area contributed by atoms with E-state index in [0.29, 0.717) is 12.7 Å². The molecule has 0 N–H and O–H groups in total. The first-order chi connectivity index (χ1) is 4.67. The molecule has 2 aliphatic rings. The first-order valence-electron chi connectivity index (χ1n) is 3.61. The van der Waals surface area contributed by atoms with Crippen molar-refractivity contribution in [2.24, 2.45) is 0 Å². The largest absolute Gasteiger partial charge is 0.370 e. The number of rotatable bonds is 1. The zero-order valence-electron chi connectivity index (χ0n) is 6.29. The van der Waals surface area contributed by atoms with E-state index in [-0.39, 0.29) is 6.10 Å². The predicted octanol–water partition coefficient (Wildman–Crippen LogP) is 0.537. The summed E-state index contributed by atoms with van der Waals surface area (Å²) in [7, 11) is 0. The number of hydrogen-bond acceptors (Lipinski definition) is 3. The standard InChI is InChI=1S/C7H12O3/c1-7(2)9-4-6(10-7)5-3-8-5/h5-6H,3-4H2,1-2H3. The van der Waals surface area contributed by atoms with Crippen LogP contribution in [0.5, 0.6) is 0 Å². The van der Waals surface area contributed by atoms with Gasteiger partial charge in [0.15, 0.2) is 5.79 Å². The summed E-state index contributed by atoms with van der Waals surface area (Å²) in [6.45, 7) is 5.37. The Bertz CT molecular complexity index is 140. The van der Waals surface area contributed by atoms with Crippen molar-refractivity contribution in [2.75, 3.05) is 13.2 Å². The summed E-state index contributed by atoms with van der Waals surface area (Å²) in [4.78, 5) is 0. The summed E-state index contributed by atoms with van der Waals surface area (Å²) in [5.41, 5.74) is 0. The first kappa shape index (κ1) is 6.58. The highest BCUT2D eigenvalue weighted by atomic mass is 16.8. The molecule has 0 aromatic carbocycles. The van der Waals surface area contributed by atoms with E-state index in [1.54, 1.807) is 0 Å². The number of ether oxygens (including phenoxy) is 3. The van der Waals surface area contributed by atoms with Crippen LogP contribution in [0.3, 0.4) is 0 Å². The fraction of sp³-hybridized carbons (Fsp3) is 1.00. The maximum atomic E-state index is 5.53. The van der Waals surface area contributed by atoms with Gasteiger partial charge in [-0.1, -0.05) is 0 Å². The monoisotopic (exact) mass is 144 g/mol.